The Bertz CT molecular complexity index is 2330. The first-order chi connectivity index (χ1) is 29.0. The summed E-state index contributed by atoms with van der Waals surface area (Å²) in [5.41, 5.74) is 1.01. The second kappa shape index (κ2) is 15.1. The minimum Gasteiger partial charge on any atom is -0.490 e. The Morgan fingerprint density at radius 2 is 1.60 bits per heavy atom. The number of anilines is 2. The molecule has 6 fully saturated rings. The number of imide groups is 2. The predicted octanol–water partition coefficient (Wildman–Crippen LogP) is 4.38. The molecule has 0 radical (unpaired) electrons. The number of rotatable bonds is 9. The predicted molar refractivity (Wildman–Crippen MR) is 215 cm³/mol. The average molecular weight is 836 g/mol. The molecule has 3 aromatic rings. The highest BCUT2D eigenvalue weighted by molar-refractivity contribution is 6.33. The normalized spacial score (nSPS) is 29.6. The minimum absolute atomic E-state index is 0.0113. The van der Waals surface area contributed by atoms with Gasteiger partial charge in [-0.1, -0.05) is 17.7 Å². The van der Waals surface area contributed by atoms with E-state index >= 15 is 4.39 Å². The number of fused-ring (bicyclic) bond motifs is 4. The Labute approximate surface area is 350 Å². The van der Waals surface area contributed by atoms with E-state index in [0.29, 0.717) is 65.1 Å². The molecule has 6 heterocycles. The molecule has 7 aliphatic rings. The fourth-order valence-electron chi connectivity index (χ4n) is 10.6. The highest BCUT2D eigenvalue weighted by Crippen LogP contribution is 2.54. The molecular formula is C43H43ClFN9O6. The number of hydrogen-bond acceptors (Lipinski definition) is 11. The van der Waals surface area contributed by atoms with Crippen molar-refractivity contribution in [1.29, 1.82) is 0 Å². The third kappa shape index (κ3) is 6.91. The molecule has 2 bridgehead atoms. The number of nitrogens with zero attached hydrogens (tertiary/aromatic N) is 7. The van der Waals surface area contributed by atoms with E-state index < -0.39 is 35.5 Å². The number of amides is 5. The number of nitrogens with one attached hydrogen (secondary N) is 2. The van der Waals surface area contributed by atoms with Crippen LogP contribution in [-0.4, -0.2) is 113 Å². The molecule has 6 atom stereocenters. The van der Waals surface area contributed by atoms with Gasteiger partial charge in [0.1, 0.15) is 17.6 Å². The molecule has 60 heavy (non-hydrogen) atoms. The van der Waals surface area contributed by atoms with Crippen molar-refractivity contribution in [3.8, 4) is 5.75 Å². The van der Waals surface area contributed by atoms with Gasteiger partial charge in [-0.3, -0.25) is 39.1 Å². The standard InChI is InChI=1S/C43H43ClFN9O6/c1-46-34-9-8-26(14-32(34)44)60-25-6-2-22(3-7-25)47-40(56)35-10-12-38(50-49-35)52-17-23-4-5-24(18-52)53(23)21-31-29-19-51(20-30(29)31)37-16-28-27(15-33(37)45)42(58)54(43(28)59)36-11-13-39(55)48-41(36)57/h8-10,12,14-16,22-25,29-31,36H,2-7,11,13,17-21H2,(H,47,56)(H,48,55,57)/t22?,23-,24+,25?,29-,30+,31?,36?. The summed E-state index contributed by atoms with van der Waals surface area (Å²) >= 11 is 6.16. The summed E-state index contributed by atoms with van der Waals surface area (Å²) in [6, 6.07) is 11.0. The third-order valence-corrected chi connectivity index (χ3v) is 14.1. The van der Waals surface area contributed by atoms with E-state index in [0.717, 1.165) is 74.9 Å². The highest BCUT2D eigenvalue weighted by atomic mass is 35.5. The summed E-state index contributed by atoms with van der Waals surface area (Å²) in [6.45, 7) is 11.1. The Hall–Kier alpha value is -5.66. The maximum absolute atomic E-state index is 15.5. The number of benzene rings is 2. The summed E-state index contributed by atoms with van der Waals surface area (Å²) in [6.07, 6.45) is 5.39. The maximum Gasteiger partial charge on any atom is 0.272 e. The van der Waals surface area contributed by atoms with Crippen LogP contribution in [0.5, 0.6) is 5.75 Å². The van der Waals surface area contributed by atoms with Gasteiger partial charge in [-0.05, 0) is 99.1 Å². The Morgan fingerprint density at radius 3 is 2.25 bits per heavy atom. The average Bonchev–Trinajstić information content (AvgIpc) is 3.41. The first kappa shape index (κ1) is 38.5. The molecule has 0 spiro atoms. The van der Waals surface area contributed by atoms with Crippen molar-refractivity contribution in [2.24, 2.45) is 17.8 Å². The molecular weight excluding hydrogens is 793 g/mol. The number of aromatic nitrogens is 2. The van der Waals surface area contributed by atoms with Gasteiger partial charge in [-0.25, -0.2) is 9.24 Å². The van der Waals surface area contributed by atoms with Crippen molar-refractivity contribution < 1.29 is 33.1 Å². The van der Waals surface area contributed by atoms with Crippen molar-refractivity contribution in [1.82, 2.24) is 30.6 Å². The molecule has 2 aliphatic carbocycles. The molecule has 2 saturated carbocycles. The first-order valence-corrected chi connectivity index (χ1v) is 21.2. The van der Waals surface area contributed by atoms with E-state index in [4.69, 9.17) is 22.9 Å². The van der Waals surface area contributed by atoms with Gasteiger partial charge >= 0.3 is 0 Å². The van der Waals surface area contributed by atoms with Crippen LogP contribution in [0.2, 0.25) is 5.02 Å². The van der Waals surface area contributed by atoms with Crippen LogP contribution in [0.15, 0.2) is 42.5 Å². The smallest absolute Gasteiger partial charge is 0.272 e. The summed E-state index contributed by atoms with van der Waals surface area (Å²) < 4.78 is 21.6. The fraction of sp³-hybridized carbons (Fsp3) is 0.488. The van der Waals surface area contributed by atoms with E-state index in [1.165, 1.54) is 6.07 Å². The zero-order valence-corrected chi connectivity index (χ0v) is 33.4. The zero-order valence-electron chi connectivity index (χ0n) is 32.7. The van der Waals surface area contributed by atoms with Crippen LogP contribution in [0.3, 0.4) is 0 Å². The van der Waals surface area contributed by atoms with Crippen molar-refractivity contribution in [3.05, 3.63) is 81.5 Å². The van der Waals surface area contributed by atoms with Crippen LogP contribution in [0.4, 0.5) is 21.6 Å². The lowest BCUT2D eigenvalue weighted by atomic mass is 9.93. The first-order valence-electron chi connectivity index (χ1n) is 20.8. The van der Waals surface area contributed by atoms with Crippen molar-refractivity contribution in [3.63, 3.8) is 0 Å². The Morgan fingerprint density at radius 1 is 0.883 bits per heavy atom. The molecule has 2 unspecified atom stereocenters. The number of carbonyl (C=O) groups is 5. The van der Waals surface area contributed by atoms with Gasteiger partial charge < -0.3 is 19.9 Å². The Kier molecular flexibility index (Phi) is 9.70. The second-order valence-electron chi connectivity index (χ2n) is 17.2. The van der Waals surface area contributed by atoms with Gasteiger partial charge in [0.15, 0.2) is 11.5 Å². The van der Waals surface area contributed by atoms with Crippen LogP contribution in [0, 0.1) is 30.1 Å². The zero-order chi connectivity index (χ0) is 41.4. The van der Waals surface area contributed by atoms with Gasteiger partial charge in [0.05, 0.1) is 34.5 Å². The molecule has 15 nitrogen and oxygen atoms in total. The number of piperidine rings is 2. The SMILES string of the molecule is [C-]#[N+]c1ccc(OC2CCC(NC(=O)c3ccc(N4C[C@H]5CC[C@@H](C4)N5CC4[C@H]5CN(c6cc7c(cc6F)C(=O)N(C6CCC(=O)NC6=O)C7=O)C[C@@H]45)nn3)CC2)cc1Cl. The minimum atomic E-state index is -1.10. The highest BCUT2D eigenvalue weighted by Gasteiger charge is 2.58. The summed E-state index contributed by atoms with van der Waals surface area (Å²) in [5, 5.41) is 14.5. The number of carbonyl (C=O) groups excluding carboxylic acids is 5. The topological polar surface area (TPSA) is 162 Å². The lowest BCUT2D eigenvalue weighted by Gasteiger charge is -2.42. The van der Waals surface area contributed by atoms with Crippen LogP contribution >= 0.6 is 11.6 Å². The van der Waals surface area contributed by atoms with Crippen molar-refractivity contribution in [2.45, 2.75) is 81.6 Å². The molecule has 2 aromatic carbocycles. The number of hydrogen-bond donors (Lipinski definition) is 2. The van der Waals surface area contributed by atoms with Gasteiger partial charge in [0, 0.05) is 57.3 Å². The lowest BCUT2D eigenvalue weighted by Crippen LogP contribution is -2.54. The molecule has 1 aromatic heterocycles. The van der Waals surface area contributed by atoms with Crippen molar-refractivity contribution >= 4 is 58.3 Å². The molecule has 17 heteroatoms. The number of halogens is 2. The van der Waals surface area contributed by atoms with Crippen LogP contribution < -0.4 is 25.2 Å². The van der Waals surface area contributed by atoms with E-state index in [-0.39, 0.29) is 47.7 Å². The fourth-order valence-corrected chi connectivity index (χ4v) is 10.8. The van der Waals surface area contributed by atoms with E-state index in [9.17, 15) is 24.0 Å². The van der Waals surface area contributed by atoms with E-state index in [2.05, 4.69) is 35.5 Å². The third-order valence-electron chi connectivity index (χ3n) is 13.8. The maximum atomic E-state index is 15.5. The largest absolute Gasteiger partial charge is 0.490 e. The molecule has 5 amide bonds. The van der Waals surface area contributed by atoms with Crippen molar-refractivity contribution in [2.75, 3.05) is 42.5 Å². The van der Waals surface area contributed by atoms with E-state index in [1.54, 1.807) is 24.3 Å². The molecule has 4 saturated heterocycles. The summed E-state index contributed by atoms with van der Waals surface area (Å²) in [4.78, 5) is 74.9. The van der Waals surface area contributed by atoms with Crippen LogP contribution in [-0.2, 0) is 9.59 Å². The van der Waals surface area contributed by atoms with E-state index in [1.807, 2.05) is 11.0 Å². The van der Waals surface area contributed by atoms with Crippen LogP contribution in [0.25, 0.3) is 4.85 Å². The monoisotopic (exact) mass is 835 g/mol. The van der Waals surface area contributed by atoms with Gasteiger partial charge in [0.2, 0.25) is 17.5 Å². The van der Waals surface area contributed by atoms with Gasteiger partial charge in [-0.15, -0.1) is 10.2 Å². The molecule has 2 N–H and O–H groups in total. The quantitative estimate of drug-likeness (QED) is 0.233. The van der Waals surface area contributed by atoms with Gasteiger partial charge in [0.25, 0.3) is 17.7 Å². The Balaban J connectivity index is 0.694. The summed E-state index contributed by atoms with van der Waals surface area (Å²) in [5.74, 6) is -0.574. The number of ether oxygens (including phenoxy) is 1. The molecule has 10 rings (SSSR count). The molecule has 310 valence electrons. The lowest BCUT2D eigenvalue weighted by molar-refractivity contribution is -0.136. The van der Waals surface area contributed by atoms with Gasteiger partial charge in [-0.2, -0.15) is 0 Å². The molecule has 5 aliphatic heterocycles. The number of piperazine rings is 1. The second-order valence-corrected chi connectivity index (χ2v) is 17.7. The summed E-state index contributed by atoms with van der Waals surface area (Å²) in [7, 11) is 0. The van der Waals surface area contributed by atoms with Crippen LogP contribution in [0.1, 0.15) is 82.6 Å².